The highest BCUT2D eigenvalue weighted by molar-refractivity contribution is 6.31. The van der Waals surface area contributed by atoms with Crippen LogP contribution in [-0.4, -0.2) is 29.3 Å². The van der Waals surface area contributed by atoms with Gasteiger partial charge in [-0.05, 0) is 37.6 Å². The summed E-state index contributed by atoms with van der Waals surface area (Å²) in [6, 6.07) is 6.59. The zero-order valence-corrected chi connectivity index (χ0v) is 14.4. The molecule has 1 amide bonds. The maximum absolute atomic E-state index is 12.8. The third-order valence-corrected chi connectivity index (χ3v) is 4.04. The average molecular weight is 376 g/mol. The van der Waals surface area contributed by atoms with Crippen LogP contribution in [0.25, 0.3) is 0 Å². The number of halogens is 4. The fourth-order valence-electron chi connectivity index (χ4n) is 2.20. The number of nitrogens with zero attached hydrogens (tertiary/aromatic N) is 2. The maximum atomic E-state index is 12.8. The number of hydrogen-bond donors (Lipinski definition) is 1. The third-order valence-electron chi connectivity index (χ3n) is 3.59. The van der Waals surface area contributed by atoms with E-state index in [4.69, 9.17) is 16.3 Å². The smallest absolute Gasteiger partial charge is 0.436 e. The Morgan fingerprint density at radius 3 is 2.48 bits per heavy atom. The average Bonchev–Trinajstić information content (AvgIpc) is 2.87. The largest absolute Gasteiger partial charge is 0.497 e. The van der Waals surface area contributed by atoms with Crippen LogP contribution in [0, 0.1) is 6.92 Å². The van der Waals surface area contributed by atoms with Gasteiger partial charge in [0.25, 0.3) is 5.91 Å². The first-order chi connectivity index (χ1) is 11.7. The zero-order valence-electron chi connectivity index (χ0n) is 13.7. The quantitative estimate of drug-likeness (QED) is 0.783. The molecule has 0 aliphatic rings. The number of hydrogen-bond acceptors (Lipinski definition) is 3. The van der Waals surface area contributed by atoms with E-state index < -0.39 is 16.9 Å². The molecule has 2 aromatic rings. The summed E-state index contributed by atoms with van der Waals surface area (Å²) in [6.45, 7) is 1.98. The molecule has 0 aliphatic carbocycles. The second-order valence-corrected chi connectivity index (χ2v) is 5.68. The van der Waals surface area contributed by atoms with Crippen molar-refractivity contribution in [1.29, 1.82) is 0 Å². The molecule has 0 spiro atoms. The molecule has 0 aliphatic heterocycles. The highest BCUT2D eigenvalue weighted by Crippen LogP contribution is 2.35. The minimum absolute atomic E-state index is 0.213. The van der Waals surface area contributed by atoms with Gasteiger partial charge in [0, 0.05) is 18.7 Å². The molecule has 25 heavy (non-hydrogen) atoms. The highest BCUT2D eigenvalue weighted by atomic mass is 35.5. The minimum atomic E-state index is -4.59. The first kappa shape index (κ1) is 19.1. The van der Waals surface area contributed by atoms with Gasteiger partial charge in [-0.15, -0.1) is 0 Å². The van der Waals surface area contributed by atoms with Crippen LogP contribution in [0.5, 0.6) is 5.75 Å². The highest BCUT2D eigenvalue weighted by Gasteiger charge is 2.38. The van der Waals surface area contributed by atoms with Crippen LogP contribution >= 0.6 is 11.6 Å². The standard InChI is InChI=1S/C16H17ClF3N3O2/c1-10-13(17)14(16(18,19)20)22-23(10)9-3-8-21-15(24)11-4-6-12(25-2)7-5-11/h4-7H,3,8-9H2,1-2H3,(H,21,24). The molecular formula is C16H17ClF3N3O2. The SMILES string of the molecule is COc1ccc(C(=O)NCCCn2nc(C(F)(F)F)c(Cl)c2C)cc1. The molecule has 0 saturated heterocycles. The maximum Gasteiger partial charge on any atom is 0.436 e. The number of benzene rings is 1. The predicted octanol–water partition coefficient (Wildman–Crippen LogP) is 3.69. The summed E-state index contributed by atoms with van der Waals surface area (Å²) in [6.07, 6.45) is -4.17. The number of carbonyl (C=O) groups is 1. The molecule has 1 aromatic heterocycles. The van der Waals surface area contributed by atoms with Crippen LogP contribution in [0.1, 0.15) is 28.2 Å². The van der Waals surface area contributed by atoms with E-state index in [0.29, 0.717) is 24.3 Å². The summed E-state index contributed by atoms with van der Waals surface area (Å²) in [4.78, 5) is 12.0. The molecule has 2 rings (SSSR count). The van der Waals surface area contributed by atoms with Gasteiger partial charge in [-0.25, -0.2) is 0 Å². The van der Waals surface area contributed by atoms with Crippen molar-refractivity contribution < 1.29 is 22.7 Å². The predicted molar refractivity (Wildman–Crippen MR) is 86.9 cm³/mol. The van der Waals surface area contributed by atoms with Gasteiger partial charge in [0.2, 0.25) is 0 Å². The Morgan fingerprint density at radius 1 is 1.32 bits per heavy atom. The van der Waals surface area contributed by atoms with Gasteiger partial charge in [-0.1, -0.05) is 11.6 Å². The summed E-state index contributed by atoms with van der Waals surface area (Å²) in [7, 11) is 1.53. The first-order valence-electron chi connectivity index (χ1n) is 7.46. The molecule has 0 bridgehead atoms. The van der Waals surface area contributed by atoms with E-state index in [9.17, 15) is 18.0 Å². The second-order valence-electron chi connectivity index (χ2n) is 5.31. The summed E-state index contributed by atoms with van der Waals surface area (Å²) >= 11 is 5.68. The Labute approximate surface area is 147 Å². The molecule has 0 radical (unpaired) electrons. The Bertz CT molecular complexity index is 742. The van der Waals surface area contributed by atoms with E-state index >= 15 is 0 Å². The van der Waals surface area contributed by atoms with Crippen molar-refractivity contribution in [2.75, 3.05) is 13.7 Å². The lowest BCUT2D eigenvalue weighted by Crippen LogP contribution is -2.25. The summed E-state index contributed by atoms with van der Waals surface area (Å²) < 4.78 is 44.5. The molecule has 1 heterocycles. The van der Waals surface area contributed by atoms with E-state index in [1.54, 1.807) is 24.3 Å². The first-order valence-corrected chi connectivity index (χ1v) is 7.84. The molecule has 136 valence electrons. The molecule has 9 heteroatoms. The van der Waals surface area contributed by atoms with E-state index in [2.05, 4.69) is 10.4 Å². The van der Waals surface area contributed by atoms with Crippen LogP contribution < -0.4 is 10.1 Å². The normalized spacial score (nSPS) is 11.4. The minimum Gasteiger partial charge on any atom is -0.497 e. The lowest BCUT2D eigenvalue weighted by atomic mass is 10.2. The van der Waals surface area contributed by atoms with Crippen LogP contribution in [0.15, 0.2) is 24.3 Å². The summed E-state index contributed by atoms with van der Waals surface area (Å²) in [5.74, 6) is 0.372. The van der Waals surface area contributed by atoms with E-state index in [1.807, 2.05) is 0 Å². The monoisotopic (exact) mass is 375 g/mol. The number of aromatic nitrogens is 2. The summed E-state index contributed by atoms with van der Waals surface area (Å²) in [5.41, 5.74) is -0.372. The Morgan fingerprint density at radius 2 is 1.96 bits per heavy atom. The fraction of sp³-hybridized carbons (Fsp3) is 0.375. The van der Waals surface area contributed by atoms with Crippen molar-refractivity contribution >= 4 is 17.5 Å². The molecule has 5 nitrogen and oxygen atoms in total. The Kier molecular flexibility index (Phi) is 5.94. The second kappa shape index (κ2) is 7.77. The van der Waals surface area contributed by atoms with Crippen LogP contribution in [0.3, 0.4) is 0 Å². The number of aryl methyl sites for hydroxylation is 1. The molecule has 1 aromatic carbocycles. The van der Waals surface area contributed by atoms with Crippen molar-refractivity contribution in [3.63, 3.8) is 0 Å². The molecule has 1 N–H and O–H groups in total. The number of carbonyl (C=O) groups excluding carboxylic acids is 1. The van der Waals surface area contributed by atoms with Gasteiger partial charge < -0.3 is 10.1 Å². The third kappa shape index (κ3) is 4.66. The van der Waals surface area contributed by atoms with Crippen molar-refractivity contribution in [1.82, 2.24) is 15.1 Å². The number of methoxy groups -OCH3 is 1. The lowest BCUT2D eigenvalue weighted by Gasteiger charge is -2.07. The summed E-state index contributed by atoms with van der Waals surface area (Å²) in [5, 5.41) is 5.82. The molecular weight excluding hydrogens is 359 g/mol. The van der Waals surface area contributed by atoms with Gasteiger partial charge in [0.05, 0.1) is 17.8 Å². The van der Waals surface area contributed by atoms with Gasteiger partial charge >= 0.3 is 6.18 Å². The van der Waals surface area contributed by atoms with Gasteiger partial charge in [-0.2, -0.15) is 18.3 Å². The van der Waals surface area contributed by atoms with Crippen LogP contribution in [0.4, 0.5) is 13.2 Å². The molecule has 0 atom stereocenters. The van der Waals surface area contributed by atoms with E-state index in [0.717, 1.165) is 0 Å². The van der Waals surface area contributed by atoms with Gasteiger partial charge in [0.1, 0.15) is 5.75 Å². The number of amides is 1. The van der Waals surface area contributed by atoms with Crippen molar-refractivity contribution in [2.45, 2.75) is 26.1 Å². The van der Waals surface area contributed by atoms with Gasteiger partial charge in [0.15, 0.2) is 5.69 Å². The number of alkyl halides is 3. The van der Waals surface area contributed by atoms with Crippen molar-refractivity contribution in [3.8, 4) is 5.75 Å². The van der Waals surface area contributed by atoms with E-state index in [1.165, 1.54) is 18.7 Å². The lowest BCUT2D eigenvalue weighted by molar-refractivity contribution is -0.141. The van der Waals surface area contributed by atoms with Crippen molar-refractivity contribution in [2.24, 2.45) is 0 Å². The van der Waals surface area contributed by atoms with E-state index in [-0.39, 0.29) is 18.1 Å². The van der Waals surface area contributed by atoms with Crippen molar-refractivity contribution in [3.05, 3.63) is 46.2 Å². The number of rotatable bonds is 6. The number of ether oxygens (including phenoxy) is 1. The van der Waals surface area contributed by atoms with Crippen LogP contribution in [-0.2, 0) is 12.7 Å². The Balaban J connectivity index is 1.88. The van der Waals surface area contributed by atoms with Gasteiger partial charge in [-0.3, -0.25) is 9.48 Å². The topological polar surface area (TPSA) is 56.1 Å². The molecule has 0 unspecified atom stereocenters. The fourth-order valence-corrected chi connectivity index (χ4v) is 2.44. The Hall–Kier alpha value is -2.22. The zero-order chi connectivity index (χ0) is 18.6. The molecule has 0 fully saturated rings. The molecule has 0 saturated carbocycles. The number of nitrogens with one attached hydrogen (secondary N) is 1. The van der Waals surface area contributed by atoms with Crippen LogP contribution in [0.2, 0.25) is 5.02 Å².